The number of hydrogen-bond donors (Lipinski definition) is 1. The summed E-state index contributed by atoms with van der Waals surface area (Å²) in [6.07, 6.45) is 2.21. The van der Waals surface area contributed by atoms with Gasteiger partial charge in [-0.05, 0) is 25.5 Å². The average molecular weight is 365 g/mol. The third kappa shape index (κ3) is 5.14. The zero-order valence-corrected chi connectivity index (χ0v) is 16.1. The summed E-state index contributed by atoms with van der Waals surface area (Å²) in [4.78, 5) is 0.222. The number of ether oxygens (including phenoxy) is 1. The first-order chi connectivity index (χ1) is 11.8. The molecule has 2 aromatic rings. The summed E-state index contributed by atoms with van der Waals surface area (Å²) in [6, 6.07) is 9.49. The van der Waals surface area contributed by atoms with Crippen molar-refractivity contribution < 1.29 is 13.2 Å². The Morgan fingerprint density at radius 2 is 1.88 bits per heavy atom. The Morgan fingerprint density at radius 1 is 1.20 bits per heavy atom. The molecule has 2 rings (SSSR count). The lowest BCUT2D eigenvalue weighted by Crippen LogP contribution is -2.28. The molecule has 1 N–H and O–H groups in total. The Labute approximate surface area is 150 Å². The van der Waals surface area contributed by atoms with E-state index in [1.54, 1.807) is 10.9 Å². The summed E-state index contributed by atoms with van der Waals surface area (Å²) in [5.74, 6) is 0. The van der Waals surface area contributed by atoms with Crippen LogP contribution >= 0.6 is 0 Å². The smallest absolute Gasteiger partial charge is 0.244 e. The molecule has 0 aliphatic carbocycles. The largest absolute Gasteiger partial charge is 0.382 e. The van der Waals surface area contributed by atoms with E-state index in [9.17, 15) is 8.42 Å². The Hall–Kier alpha value is -1.70. The molecule has 25 heavy (non-hydrogen) atoms. The average Bonchev–Trinajstić information content (AvgIpc) is 3.02. The van der Waals surface area contributed by atoms with Crippen molar-refractivity contribution in [1.29, 1.82) is 0 Å². The molecule has 0 fully saturated rings. The molecule has 138 valence electrons. The van der Waals surface area contributed by atoms with E-state index in [1.807, 2.05) is 58.0 Å². The van der Waals surface area contributed by atoms with Gasteiger partial charge in [0.2, 0.25) is 10.0 Å². The number of hydrogen-bond acceptors (Lipinski definition) is 4. The maximum absolute atomic E-state index is 12.8. The van der Waals surface area contributed by atoms with Crippen molar-refractivity contribution in [2.45, 2.75) is 44.4 Å². The molecule has 0 amide bonds. The lowest BCUT2D eigenvalue weighted by atomic mass is 9.92. The maximum Gasteiger partial charge on any atom is 0.244 e. The summed E-state index contributed by atoms with van der Waals surface area (Å²) < 4.78 is 35.1. The topological polar surface area (TPSA) is 73.2 Å². The van der Waals surface area contributed by atoms with Crippen LogP contribution in [-0.4, -0.2) is 38.0 Å². The predicted octanol–water partition coefficient (Wildman–Crippen LogP) is 2.87. The van der Waals surface area contributed by atoms with Gasteiger partial charge >= 0.3 is 0 Å². The molecule has 0 aliphatic heterocycles. The van der Waals surface area contributed by atoms with Crippen LogP contribution in [0.4, 0.5) is 0 Å². The highest BCUT2D eigenvalue weighted by atomic mass is 32.2. The van der Waals surface area contributed by atoms with Gasteiger partial charge in [0.25, 0.3) is 0 Å². The lowest BCUT2D eigenvalue weighted by Gasteiger charge is -2.17. The molecule has 0 spiro atoms. The van der Waals surface area contributed by atoms with Crippen molar-refractivity contribution in [1.82, 2.24) is 14.5 Å². The summed E-state index contributed by atoms with van der Waals surface area (Å²) in [5, 5.41) is 4.55. The number of rotatable bonds is 8. The summed E-state index contributed by atoms with van der Waals surface area (Å²) in [6.45, 7) is 9.29. The quantitative estimate of drug-likeness (QED) is 0.730. The first-order valence-corrected chi connectivity index (χ1v) is 9.97. The predicted molar refractivity (Wildman–Crippen MR) is 98.6 cm³/mol. The van der Waals surface area contributed by atoms with Gasteiger partial charge in [0.05, 0.1) is 17.6 Å². The van der Waals surface area contributed by atoms with E-state index in [4.69, 9.17) is 4.74 Å². The highest BCUT2D eigenvalue weighted by Gasteiger charge is 2.30. The highest BCUT2D eigenvalue weighted by molar-refractivity contribution is 7.89. The van der Waals surface area contributed by atoms with Crippen molar-refractivity contribution in [2.75, 3.05) is 19.8 Å². The normalized spacial score (nSPS) is 12.5. The SMILES string of the molecule is CCOCCCNS(=O)(=O)c1cn(-c2ccccc2)nc1C(C)(C)C. The number of nitrogens with one attached hydrogen (secondary N) is 1. The molecule has 1 heterocycles. The van der Waals surface area contributed by atoms with E-state index in [1.165, 1.54) is 0 Å². The molecule has 0 unspecified atom stereocenters. The Morgan fingerprint density at radius 3 is 2.48 bits per heavy atom. The van der Waals surface area contributed by atoms with Crippen molar-refractivity contribution in [3.63, 3.8) is 0 Å². The molecule has 1 aromatic carbocycles. The Kier molecular flexibility index (Phi) is 6.37. The van der Waals surface area contributed by atoms with Crippen LogP contribution in [0.25, 0.3) is 5.69 Å². The van der Waals surface area contributed by atoms with Crippen LogP contribution < -0.4 is 4.72 Å². The third-order valence-corrected chi connectivity index (χ3v) is 5.12. The molecule has 1 aromatic heterocycles. The molecule has 0 bridgehead atoms. The van der Waals surface area contributed by atoms with Crippen LogP contribution in [0, 0.1) is 0 Å². The van der Waals surface area contributed by atoms with Gasteiger partial charge in [-0.25, -0.2) is 17.8 Å². The van der Waals surface area contributed by atoms with Gasteiger partial charge in [-0.2, -0.15) is 5.10 Å². The second-order valence-corrected chi connectivity index (χ2v) is 8.56. The second-order valence-electron chi connectivity index (χ2n) is 6.82. The number of nitrogens with zero attached hydrogens (tertiary/aromatic N) is 2. The number of sulfonamides is 1. The van der Waals surface area contributed by atoms with Crippen molar-refractivity contribution >= 4 is 10.0 Å². The van der Waals surface area contributed by atoms with Crippen LogP contribution in [0.5, 0.6) is 0 Å². The van der Waals surface area contributed by atoms with Crippen LogP contribution in [0.2, 0.25) is 0 Å². The summed E-state index contributed by atoms with van der Waals surface area (Å²) in [7, 11) is -3.64. The third-order valence-electron chi connectivity index (χ3n) is 3.66. The van der Waals surface area contributed by atoms with Gasteiger partial charge < -0.3 is 4.74 Å². The van der Waals surface area contributed by atoms with Gasteiger partial charge in [-0.3, -0.25) is 0 Å². The first-order valence-electron chi connectivity index (χ1n) is 8.48. The Bertz CT molecular complexity index is 778. The van der Waals surface area contributed by atoms with Gasteiger partial charge in [0.15, 0.2) is 0 Å². The van der Waals surface area contributed by atoms with Crippen LogP contribution in [0.1, 0.15) is 39.8 Å². The van der Waals surface area contributed by atoms with Crippen LogP contribution in [-0.2, 0) is 20.2 Å². The molecular weight excluding hydrogens is 338 g/mol. The minimum Gasteiger partial charge on any atom is -0.382 e. The highest BCUT2D eigenvalue weighted by Crippen LogP contribution is 2.28. The number of para-hydroxylation sites is 1. The van der Waals surface area contributed by atoms with Crippen molar-refractivity contribution in [3.8, 4) is 5.69 Å². The van der Waals surface area contributed by atoms with Gasteiger partial charge in [-0.1, -0.05) is 39.0 Å². The van der Waals surface area contributed by atoms with Gasteiger partial charge in [0.1, 0.15) is 4.90 Å². The van der Waals surface area contributed by atoms with Gasteiger partial charge in [-0.15, -0.1) is 0 Å². The minimum absolute atomic E-state index is 0.222. The molecule has 7 heteroatoms. The van der Waals surface area contributed by atoms with E-state index < -0.39 is 15.4 Å². The molecule has 6 nitrogen and oxygen atoms in total. The van der Waals surface area contributed by atoms with Crippen LogP contribution in [0.3, 0.4) is 0 Å². The number of aromatic nitrogens is 2. The fraction of sp³-hybridized carbons (Fsp3) is 0.500. The van der Waals surface area contributed by atoms with E-state index in [2.05, 4.69) is 9.82 Å². The van der Waals surface area contributed by atoms with E-state index in [-0.39, 0.29) is 4.90 Å². The van der Waals surface area contributed by atoms with E-state index in [0.29, 0.717) is 31.9 Å². The molecular formula is C18H27N3O3S. The molecule has 0 aliphatic rings. The Balaban J connectivity index is 2.30. The van der Waals surface area contributed by atoms with Gasteiger partial charge in [0, 0.05) is 25.2 Å². The van der Waals surface area contributed by atoms with Crippen molar-refractivity contribution in [2.24, 2.45) is 0 Å². The lowest BCUT2D eigenvalue weighted by molar-refractivity contribution is 0.146. The van der Waals surface area contributed by atoms with Crippen molar-refractivity contribution in [3.05, 3.63) is 42.2 Å². The molecule has 0 atom stereocenters. The van der Waals surface area contributed by atoms with E-state index in [0.717, 1.165) is 5.69 Å². The second kappa shape index (κ2) is 8.12. The summed E-state index contributed by atoms with van der Waals surface area (Å²) >= 11 is 0. The number of benzene rings is 1. The molecule has 0 saturated heterocycles. The zero-order chi connectivity index (χ0) is 18.5. The summed E-state index contributed by atoms with van der Waals surface area (Å²) in [5.41, 5.74) is 0.981. The monoisotopic (exact) mass is 365 g/mol. The molecule has 0 radical (unpaired) electrons. The zero-order valence-electron chi connectivity index (χ0n) is 15.3. The standard InChI is InChI=1S/C18H27N3O3S/c1-5-24-13-9-12-19-25(22,23)16-14-21(15-10-7-6-8-11-15)20-17(16)18(2,3)4/h6-8,10-11,14,19H,5,9,12-13H2,1-4H3. The fourth-order valence-electron chi connectivity index (χ4n) is 2.39. The minimum atomic E-state index is -3.64. The van der Waals surface area contributed by atoms with E-state index >= 15 is 0 Å². The first kappa shape index (κ1) is 19.6. The molecule has 0 saturated carbocycles. The fourth-order valence-corrected chi connectivity index (χ4v) is 3.80. The van der Waals surface area contributed by atoms with Crippen LogP contribution in [0.15, 0.2) is 41.4 Å². The maximum atomic E-state index is 12.8.